The molecule has 0 aromatic heterocycles. The van der Waals surface area contributed by atoms with Crippen LogP contribution in [0.3, 0.4) is 0 Å². The molecule has 184 valence electrons. The Labute approximate surface area is 208 Å². The van der Waals surface area contributed by atoms with E-state index in [9.17, 15) is 5.11 Å². The van der Waals surface area contributed by atoms with Crippen molar-refractivity contribution in [1.82, 2.24) is 0 Å². The number of rotatable bonds is 20. The molecule has 0 aliphatic carbocycles. The van der Waals surface area contributed by atoms with Crippen molar-refractivity contribution < 1.29 is 5.11 Å². The molecule has 3 heteroatoms. The van der Waals surface area contributed by atoms with Gasteiger partial charge < -0.3 is 5.11 Å². The van der Waals surface area contributed by atoms with Gasteiger partial charge in [-0.05, 0) is 11.6 Å². The molecule has 0 spiro atoms. The summed E-state index contributed by atoms with van der Waals surface area (Å²) in [6.07, 6.45) is 19.2. The molecule has 2 aromatic rings. The minimum absolute atomic E-state index is 0.0984. The van der Waals surface area contributed by atoms with Crippen LogP contribution < -0.4 is 10.4 Å². The third kappa shape index (κ3) is 12.2. The summed E-state index contributed by atoms with van der Waals surface area (Å²) in [5.41, 5.74) is 0. The predicted octanol–water partition coefficient (Wildman–Crippen LogP) is 6.42. The molecule has 1 nitrogen and oxygen atoms in total. The first kappa shape index (κ1) is 28.1. The van der Waals surface area contributed by atoms with E-state index in [0.717, 1.165) is 11.6 Å². The van der Waals surface area contributed by atoms with Gasteiger partial charge in [0.1, 0.15) is 8.80 Å². The van der Waals surface area contributed by atoms with Crippen molar-refractivity contribution in [1.29, 1.82) is 0 Å². The lowest BCUT2D eigenvalue weighted by molar-refractivity contribution is 0.283. The van der Waals surface area contributed by atoms with Crippen LogP contribution in [0.15, 0.2) is 60.7 Å². The Kier molecular flexibility index (Phi) is 16.3. The van der Waals surface area contributed by atoms with E-state index >= 15 is 0 Å². The van der Waals surface area contributed by atoms with E-state index in [4.69, 9.17) is 0 Å². The molecule has 0 aliphatic rings. The topological polar surface area (TPSA) is 20.2 Å². The normalized spacial score (nSPS) is 12.7. The maximum atomic E-state index is 9.23. The van der Waals surface area contributed by atoms with Gasteiger partial charge >= 0.3 is 0 Å². The fourth-order valence-electron chi connectivity index (χ4n) is 5.30. The zero-order valence-electron chi connectivity index (χ0n) is 21.4. The molecule has 0 aliphatic heterocycles. The smallest absolute Gasteiger partial charge is 0.103 e. The Hall–Kier alpha value is -1.17. The average molecular weight is 483 g/mol. The molecular weight excluding hydrogens is 433 g/mol. The Bertz CT molecular complexity index is 637. The monoisotopic (exact) mass is 482 g/mol. The minimum Gasteiger partial charge on any atom is -0.396 e. The highest BCUT2D eigenvalue weighted by atomic mass is 28.3. The maximum absolute atomic E-state index is 9.23. The van der Waals surface area contributed by atoms with Gasteiger partial charge in [-0.15, -0.1) is 0 Å². The summed E-state index contributed by atoms with van der Waals surface area (Å²) in [4.78, 5) is 0. The average Bonchev–Trinajstić information content (AvgIpc) is 2.86. The van der Waals surface area contributed by atoms with Crippen molar-refractivity contribution in [3.05, 3.63) is 60.7 Å². The third-order valence-electron chi connectivity index (χ3n) is 7.20. The highest BCUT2D eigenvalue weighted by Crippen LogP contribution is 2.22. The molecule has 2 aromatic carbocycles. The van der Waals surface area contributed by atoms with Gasteiger partial charge in [0.05, 0.1) is 0 Å². The SMILES string of the molecule is CCCCCCCCCCCC[SiH2]C(CCCCCO)[SiH](c1ccccc1)c1ccccc1. The molecule has 0 fully saturated rings. The second kappa shape index (κ2) is 19.2. The van der Waals surface area contributed by atoms with E-state index < -0.39 is 8.80 Å². The van der Waals surface area contributed by atoms with E-state index in [2.05, 4.69) is 67.6 Å². The van der Waals surface area contributed by atoms with Crippen LogP contribution in [0.1, 0.15) is 96.8 Å². The molecule has 0 radical (unpaired) electrons. The van der Waals surface area contributed by atoms with E-state index in [1.54, 1.807) is 10.4 Å². The van der Waals surface area contributed by atoms with Crippen LogP contribution in [-0.4, -0.2) is 30.0 Å². The standard InChI is InChI=1S/C30H50OSi2/c1-2-3-4-5-6-7-8-9-10-20-27-32-30(25-18-13-19-26-31)33(28-21-14-11-15-22-28)29-23-16-12-17-24-29/h11-12,14-17,21-24,30-31,33H,2-10,13,18-20,25-27,32H2,1H3. The van der Waals surface area contributed by atoms with Crippen LogP contribution >= 0.6 is 0 Å². The van der Waals surface area contributed by atoms with Crippen LogP contribution in [-0.2, 0) is 0 Å². The number of aliphatic hydroxyl groups is 1. The van der Waals surface area contributed by atoms with E-state index in [1.807, 2.05) is 0 Å². The molecule has 33 heavy (non-hydrogen) atoms. The Morgan fingerprint density at radius 3 is 1.64 bits per heavy atom. The molecular formula is C30H50OSi2. The van der Waals surface area contributed by atoms with Gasteiger partial charge in [0.25, 0.3) is 0 Å². The largest absolute Gasteiger partial charge is 0.396 e. The summed E-state index contributed by atoms with van der Waals surface area (Å²) in [7, 11) is -1.30. The first-order chi connectivity index (χ1) is 16.4. The van der Waals surface area contributed by atoms with Gasteiger partial charge in [-0.25, -0.2) is 0 Å². The van der Waals surface area contributed by atoms with Gasteiger partial charge in [-0.1, -0.05) is 167 Å². The molecule has 1 unspecified atom stereocenters. The maximum Gasteiger partial charge on any atom is 0.103 e. The Morgan fingerprint density at radius 1 is 0.636 bits per heavy atom. The zero-order valence-corrected chi connectivity index (χ0v) is 24.0. The fraction of sp³-hybridized carbons (Fsp3) is 0.600. The molecule has 2 rings (SSSR count). The lowest BCUT2D eigenvalue weighted by atomic mass is 10.1. The lowest BCUT2D eigenvalue weighted by Gasteiger charge is -2.27. The molecule has 0 saturated carbocycles. The van der Waals surface area contributed by atoms with Gasteiger partial charge in [0.15, 0.2) is 0 Å². The zero-order chi connectivity index (χ0) is 23.4. The number of aliphatic hydroxyl groups excluding tert-OH is 1. The third-order valence-corrected chi connectivity index (χ3v) is 15.2. The predicted molar refractivity (Wildman–Crippen MR) is 154 cm³/mol. The molecule has 1 atom stereocenters. The summed E-state index contributed by atoms with van der Waals surface area (Å²) in [5.74, 6) is 0. The van der Waals surface area contributed by atoms with Crippen LogP contribution in [0.25, 0.3) is 0 Å². The van der Waals surface area contributed by atoms with Gasteiger partial charge in [0.2, 0.25) is 0 Å². The second-order valence-corrected chi connectivity index (χ2v) is 16.5. The van der Waals surface area contributed by atoms with E-state index in [0.29, 0.717) is 6.61 Å². The molecule has 0 amide bonds. The Balaban J connectivity index is 1.86. The number of hydrogen-bond donors (Lipinski definition) is 1. The second-order valence-electron chi connectivity index (χ2n) is 9.96. The quantitative estimate of drug-likeness (QED) is 0.171. The minimum atomic E-state index is -1.20. The van der Waals surface area contributed by atoms with Crippen LogP contribution in [0, 0.1) is 0 Å². The van der Waals surface area contributed by atoms with Crippen molar-refractivity contribution in [2.24, 2.45) is 0 Å². The van der Waals surface area contributed by atoms with Gasteiger partial charge in [0, 0.05) is 16.1 Å². The molecule has 0 bridgehead atoms. The number of unbranched alkanes of at least 4 members (excludes halogenated alkanes) is 11. The van der Waals surface area contributed by atoms with Crippen LogP contribution in [0.5, 0.6) is 0 Å². The highest BCUT2D eigenvalue weighted by Gasteiger charge is 2.26. The summed E-state index contributed by atoms with van der Waals surface area (Å²) in [5, 5.41) is 13.4. The van der Waals surface area contributed by atoms with Crippen LogP contribution in [0.2, 0.25) is 11.2 Å². The summed E-state index contributed by atoms with van der Waals surface area (Å²) < 4.78 is 0. The van der Waals surface area contributed by atoms with Crippen molar-refractivity contribution in [2.75, 3.05) is 6.61 Å². The lowest BCUT2D eigenvalue weighted by Crippen LogP contribution is -2.47. The number of hydrogen-bond acceptors (Lipinski definition) is 1. The van der Waals surface area contributed by atoms with Crippen molar-refractivity contribution in [3.63, 3.8) is 0 Å². The van der Waals surface area contributed by atoms with Gasteiger partial charge in [-0.2, -0.15) is 0 Å². The molecule has 0 heterocycles. The van der Waals surface area contributed by atoms with E-state index in [1.165, 1.54) is 89.5 Å². The summed E-state index contributed by atoms with van der Waals surface area (Å²) in [6.45, 7) is 2.65. The fourth-order valence-corrected chi connectivity index (χ4v) is 14.0. The highest BCUT2D eigenvalue weighted by molar-refractivity contribution is 6.91. The Morgan fingerprint density at radius 2 is 1.12 bits per heavy atom. The first-order valence-electron chi connectivity index (χ1n) is 14.1. The first-order valence-corrected chi connectivity index (χ1v) is 17.7. The van der Waals surface area contributed by atoms with Crippen LogP contribution in [0.4, 0.5) is 0 Å². The molecule has 1 N–H and O–H groups in total. The van der Waals surface area contributed by atoms with E-state index in [-0.39, 0.29) is 9.52 Å². The number of benzene rings is 2. The van der Waals surface area contributed by atoms with Gasteiger partial charge in [-0.3, -0.25) is 0 Å². The molecule has 0 saturated heterocycles. The van der Waals surface area contributed by atoms with Crippen molar-refractivity contribution in [2.45, 2.75) is 108 Å². The van der Waals surface area contributed by atoms with Crippen molar-refractivity contribution >= 4 is 28.7 Å². The van der Waals surface area contributed by atoms with Crippen molar-refractivity contribution in [3.8, 4) is 0 Å². The summed E-state index contributed by atoms with van der Waals surface area (Å²) in [6, 6.07) is 24.4. The summed E-state index contributed by atoms with van der Waals surface area (Å²) >= 11 is 0.